The topological polar surface area (TPSA) is 467 Å². The third kappa shape index (κ3) is 22.5. The first-order valence-electron chi connectivity index (χ1n) is 31.2. The average Bonchev–Trinajstić information content (AvgIpc) is 1.86. The van der Waals surface area contributed by atoms with Crippen LogP contribution in [0.3, 0.4) is 0 Å². The molecule has 0 aliphatic carbocycles. The molecule has 93 heavy (non-hydrogen) atoms. The van der Waals surface area contributed by atoms with Gasteiger partial charge in [0.05, 0.1) is 43.6 Å². The van der Waals surface area contributed by atoms with E-state index in [0.29, 0.717) is 12.0 Å². The normalized spacial score (nSPS) is 26.6. The first kappa shape index (κ1) is 75.0. The van der Waals surface area contributed by atoms with Gasteiger partial charge in [-0.25, -0.2) is 0 Å². The molecule has 3 heterocycles. The highest BCUT2D eigenvalue weighted by molar-refractivity contribution is 6.04. The third-order valence-electron chi connectivity index (χ3n) is 16.1. The van der Waals surface area contributed by atoms with Crippen molar-refractivity contribution in [1.82, 2.24) is 57.7 Å². The number of nitrogens with one attached hydrogen (secondary N) is 9. The molecule has 0 saturated carbocycles. The fourth-order valence-corrected chi connectivity index (χ4v) is 11.1. The minimum absolute atomic E-state index is 0.00627. The van der Waals surface area contributed by atoms with Crippen LogP contribution in [0.25, 0.3) is 0 Å². The van der Waals surface area contributed by atoms with Gasteiger partial charge in [0.15, 0.2) is 6.10 Å². The van der Waals surface area contributed by atoms with E-state index in [9.17, 15) is 88.2 Å². The summed E-state index contributed by atoms with van der Waals surface area (Å²) in [5.74, 6) is -12.3. The SMILES string of the molecule is C/C=C1/NC(=O)[C@H](CO)NC(=O)/C(=C\C)NC(=O)[C@H](Cc2ccccc2)NC(=O)[C@@H]2CCCN2C(=O)CNC(=O)[C@H](CCC(N)=O)NC(=O)[C@@H](O)[C@H](C[C@@H](O)C[C@@H](O)[C@H](O)CC(C)C)NC(=O)[C@@H]2CCCN2C(=O)[C@H](CCc2ccccc2)NC(=O)[C@@H]([C@H](C)O)NC1=O. The van der Waals surface area contributed by atoms with Crippen LogP contribution in [0.1, 0.15) is 110 Å². The van der Waals surface area contributed by atoms with Crippen molar-refractivity contribution >= 4 is 70.9 Å². The predicted octanol–water partition coefficient (Wildman–Crippen LogP) is -4.17. The average molecular weight is 1300 g/mol. The van der Waals surface area contributed by atoms with E-state index in [1.54, 1.807) is 74.5 Å². The number of benzene rings is 2. The number of carbonyl (C=O) groups is 12. The smallest absolute Gasteiger partial charge is 0.268 e. The molecule has 3 aliphatic rings. The Labute approximate surface area is 538 Å². The number of aryl methyl sites for hydroxylation is 1. The summed E-state index contributed by atoms with van der Waals surface area (Å²) in [4.78, 5) is 170. The van der Waals surface area contributed by atoms with Gasteiger partial charge >= 0.3 is 0 Å². The molecule has 0 aromatic heterocycles. The highest BCUT2D eigenvalue weighted by Crippen LogP contribution is 2.23. The molecule has 2 aromatic carbocycles. The van der Waals surface area contributed by atoms with Crippen molar-refractivity contribution in [3.63, 3.8) is 0 Å². The van der Waals surface area contributed by atoms with Gasteiger partial charge < -0.3 is 94.0 Å². The molecular formula is C63H90N12O18. The number of aliphatic hydroxyl groups excluding tert-OH is 6. The van der Waals surface area contributed by atoms with Crippen LogP contribution < -0.4 is 53.6 Å². The maximum Gasteiger partial charge on any atom is 0.268 e. The minimum atomic E-state index is -2.35. The molecule has 0 unspecified atom stereocenters. The summed E-state index contributed by atoms with van der Waals surface area (Å²) in [5, 5.41) is 88.0. The second-order valence-electron chi connectivity index (χ2n) is 23.8. The van der Waals surface area contributed by atoms with E-state index in [4.69, 9.17) is 5.73 Å². The second kappa shape index (κ2) is 36.5. The predicted molar refractivity (Wildman–Crippen MR) is 333 cm³/mol. The Hall–Kier alpha value is -8.68. The molecule has 2 aromatic rings. The van der Waals surface area contributed by atoms with Crippen LogP contribution in [0.5, 0.6) is 0 Å². The van der Waals surface area contributed by atoms with Gasteiger partial charge in [-0.05, 0) is 95.6 Å². The quantitative estimate of drug-likeness (QED) is 0.0668. The molecule has 3 fully saturated rings. The van der Waals surface area contributed by atoms with Crippen molar-refractivity contribution in [2.24, 2.45) is 11.7 Å². The first-order valence-corrected chi connectivity index (χ1v) is 31.2. The zero-order valence-corrected chi connectivity index (χ0v) is 52.9. The van der Waals surface area contributed by atoms with E-state index < -0.39 is 200 Å². The van der Waals surface area contributed by atoms with Gasteiger partial charge in [0.1, 0.15) is 53.7 Å². The zero-order chi connectivity index (χ0) is 68.6. The van der Waals surface area contributed by atoms with Gasteiger partial charge in [0.25, 0.3) is 17.7 Å². The summed E-state index contributed by atoms with van der Waals surface area (Å²) >= 11 is 0. The maximum absolute atomic E-state index is 14.9. The van der Waals surface area contributed by atoms with Crippen LogP contribution in [0.2, 0.25) is 0 Å². The largest absolute Gasteiger partial charge is 0.394 e. The van der Waals surface area contributed by atoms with E-state index in [-0.39, 0.29) is 64.0 Å². The number of hydrogen-bond acceptors (Lipinski definition) is 18. The van der Waals surface area contributed by atoms with Crippen molar-refractivity contribution in [2.45, 2.75) is 191 Å². The lowest BCUT2D eigenvalue weighted by molar-refractivity contribution is -0.143. The molecule has 12 amide bonds. The van der Waals surface area contributed by atoms with Gasteiger partial charge in [0.2, 0.25) is 53.2 Å². The van der Waals surface area contributed by atoms with Crippen LogP contribution in [-0.4, -0.2) is 216 Å². The molecule has 17 N–H and O–H groups in total. The Kier molecular flexibility index (Phi) is 29.5. The molecule has 0 radical (unpaired) electrons. The fraction of sp³-hybridized carbons (Fsp3) is 0.556. The molecular weight excluding hydrogens is 1210 g/mol. The van der Waals surface area contributed by atoms with Crippen molar-refractivity contribution in [2.75, 3.05) is 26.2 Å². The van der Waals surface area contributed by atoms with Gasteiger partial charge in [-0.1, -0.05) is 86.7 Å². The molecule has 5 rings (SSSR count). The van der Waals surface area contributed by atoms with Crippen molar-refractivity contribution in [1.29, 1.82) is 0 Å². The fourth-order valence-electron chi connectivity index (χ4n) is 11.1. The number of nitrogens with zero attached hydrogens (tertiary/aromatic N) is 2. The summed E-state index contributed by atoms with van der Waals surface area (Å²) in [6, 6.07) is 4.50. The lowest BCUT2D eigenvalue weighted by Gasteiger charge is -2.33. The Morgan fingerprint density at radius 2 is 1.13 bits per heavy atom. The number of amides is 12. The summed E-state index contributed by atoms with van der Waals surface area (Å²) in [5.41, 5.74) is 5.73. The van der Waals surface area contributed by atoms with Crippen LogP contribution in [0.4, 0.5) is 0 Å². The van der Waals surface area contributed by atoms with Gasteiger partial charge in [-0.2, -0.15) is 0 Å². The number of allylic oxidation sites excluding steroid dienone is 2. The van der Waals surface area contributed by atoms with Crippen LogP contribution in [-0.2, 0) is 70.4 Å². The monoisotopic (exact) mass is 1300 g/mol. The summed E-state index contributed by atoms with van der Waals surface area (Å²) < 4.78 is 0. The molecule has 510 valence electrons. The van der Waals surface area contributed by atoms with Crippen LogP contribution in [0, 0.1) is 5.92 Å². The van der Waals surface area contributed by atoms with E-state index in [1.165, 1.54) is 19.9 Å². The summed E-state index contributed by atoms with van der Waals surface area (Å²) in [6.45, 7) is 5.50. The van der Waals surface area contributed by atoms with E-state index in [0.717, 1.165) is 28.4 Å². The Bertz CT molecular complexity index is 3020. The number of nitrogens with two attached hydrogens (primary N) is 1. The Balaban J connectivity index is 1.55. The van der Waals surface area contributed by atoms with E-state index in [1.807, 2.05) is 0 Å². The van der Waals surface area contributed by atoms with Crippen LogP contribution >= 0.6 is 0 Å². The summed E-state index contributed by atoms with van der Waals surface area (Å²) in [7, 11) is 0. The highest BCUT2D eigenvalue weighted by Gasteiger charge is 2.43. The maximum atomic E-state index is 14.9. The van der Waals surface area contributed by atoms with Crippen molar-refractivity contribution in [3.8, 4) is 0 Å². The minimum Gasteiger partial charge on any atom is -0.394 e. The first-order chi connectivity index (χ1) is 44.2. The van der Waals surface area contributed by atoms with Gasteiger partial charge in [0, 0.05) is 32.4 Å². The van der Waals surface area contributed by atoms with Crippen molar-refractivity contribution < 1.29 is 88.2 Å². The van der Waals surface area contributed by atoms with E-state index >= 15 is 0 Å². The number of aliphatic hydroxyl groups is 6. The molecule has 30 nitrogen and oxygen atoms in total. The molecule has 30 heteroatoms. The molecule has 0 bridgehead atoms. The lowest BCUT2D eigenvalue weighted by Crippen LogP contribution is -2.61. The third-order valence-corrected chi connectivity index (χ3v) is 16.1. The Morgan fingerprint density at radius 3 is 1.70 bits per heavy atom. The highest BCUT2D eigenvalue weighted by atomic mass is 16.3. The van der Waals surface area contributed by atoms with E-state index in [2.05, 4.69) is 47.9 Å². The van der Waals surface area contributed by atoms with Gasteiger partial charge in [-0.15, -0.1) is 0 Å². The second-order valence-corrected chi connectivity index (χ2v) is 23.8. The number of primary amides is 1. The molecule has 13 atom stereocenters. The zero-order valence-electron chi connectivity index (χ0n) is 52.9. The number of carbonyl (C=O) groups excluding carboxylic acids is 12. The number of fused-ring (bicyclic) bond motifs is 2. The van der Waals surface area contributed by atoms with Crippen LogP contribution in [0.15, 0.2) is 84.2 Å². The molecule has 3 aliphatic heterocycles. The number of rotatable bonds is 17. The standard InChI is InChI=1S/C63H90N12O18/c1-6-39-55(85)72-45(33-76)58(88)67-40(7-2)56(86)73-52(35(5)77)61(91)69-42(23-22-36-16-10-8-11-17-36)63(93)75-27-15-21-47(75)60(90)70-43(30-38(78)31-49(80)48(79)28-34(3)4)53(83)62(92)68-41(24-25-50(64)81)54(84)65-32-51(82)74-26-14-20-46(74)59(89)71-44(57(87)66-39)29-37-18-12-9-13-19-37/h6-13,16-19,34-35,38,41-49,52-53,76-80,83H,14-15,20-33H2,1-5H3,(H2,64,81)(H,65,84)(H,66,87)(H,67,88)(H,68,92)(H,69,91)(H,70,90)(H,71,89)(H,72,85)(H,73,86)/b39-6+,40-7+/t35-,38+,41-,42-,43-,44-,45-,46-,47-,48+,49+,52+,53-/m0/s1. The lowest BCUT2D eigenvalue weighted by atomic mass is 9.94. The Morgan fingerprint density at radius 1 is 0.602 bits per heavy atom. The summed E-state index contributed by atoms with van der Waals surface area (Å²) in [6.07, 6.45) is -7.88. The van der Waals surface area contributed by atoms with Gasteiger partial charge in [-0.3, -0.25) is 57.5 Å². The number of hydrogen-bond donors (Lipinski definition) is 16. The molecule has 0 spiro atoms. The molecule has 3 saturated heterocycles. The van der Waals surface area contributed by atoms with Crippen molar-refractivity contribution in [3.05, 3.63) is 95.3 Å².